The molecule has 8 nitrogen and oxygen atoms in total. The fraction of sp³-hybridized carbons (Fsp3) is 0.0714. The molecule has 0 unspecified atom stereocenters. The van der Waals surface area contributed by atoms with E-state index in [0.29, 0.717) is 16.9 Å². The maximum Gasteiger partial charge on any atom is 0.300 e. The first-order chi connectivity index (χ1) is 10.5. The summed E-state index contributed by atoms with van der Waals surface area (Å²) in [4.78, 5) is 21.4. The quantitative estimate of drug-likeness (QED) is 0.481. The van der Waals surface area contributed by atoms with E-state index in [4.69, 9.17) is 21.0 Å². The molecule has 0 fully saturated rings. The van der Waals surface area contributed by atoms with Crippen molar-refractivity contribution >= 4 is 23.0 Å². The minimum atomic E-state index is -0.833. The molecule has 2 heterocycles. The molecule has 22 heavy (non-hydrogen) atoms. The zero-order valence-electron chi connectivity index (χ0n) is 11.8. The highest BCUT2D eigenvalue weighted by Crippen LogP contribution is 2.17. The van der Waals surface area contributed by atoms with Crippen molar-refractivity contribution in [1.29, 1.82) is 5.41 Å². The lowest BCUT2D eigenvalue weighted by molar-refractivity contribution is -0.134. The first-order valence-corrected chi connectivity index (χ1v) is 6.28. The topological polar surface area (TPSA) is 131 Å². The Morgan fingerprint density at radius 1 is 1.23 bits per heavy atom. The van der Waals surface area contributed by atoms with Gasteiger partial charge in [-0.2, -0.15) is 0 Å². The fourth-order valence-corrected chi connectivity index (χ4v) is 1.81. The lowest BCUT2D eigenvalue weighted by atomic mass is 10.3. The van der Waals surface area contributed by atoms with E-state index >= 15 is 0 Å². The van der Waals surface area contributed by atoms with Crippen LogP contribution in [-0.4, -0.2) is 36.4 Å². The number of aromatic nitrogens is 4. The lowest BCUT2D eigenvalue weighted by Gasteiger charge is -2.03. The van der Waals surface area contributed by atoms with E-state index in [1.165, 1.54) is 6.33 Å². The molecule has 0 aliphatic heterocycles. The molecule has 4 N–H and O–H groups in total. The van der Waals surface area contributed by atoms with E-state index in [-0.39, 0.29) is 5.84 Å². The monoisotopic (exact) mass is 298 g/mol. The van der Waals surface area contributed by atoms with Crippen molar-refractivity contribution in [2.45, 2.75) is 6.92 Å². The van der Waals surface area contributed by atoms with Crippen LogP contribution in [0.3, 0.4) is 0 Å². The molecule has 0 amide bonds. The minimum Gasteiger partial charge on any atom is -0.481 e. The first-order valence-electron chi connectivity index (χ1n) is 6.28. The van der Waals surface area contributed by atoms with Gasteiger partial charge in [-0.15, -0.1) is 0 Å². The van der Waals surface area contributed by atoms with Crippen LogP contribution in [0.1, 0.15) is 12.6 Å². The van der Waals surface area contributed by atoms with Gasteiger partial charge in [-0.05, 0) is 12.1 Å². The summed E-state index contributed by atoms with van der Waals surface area (Å²) in [5, 5.41) is 14.9. The Kier molecular flexibility index (Phi) is 4.42. The number of aliphatic carboxylic acids is 1. The molecule has 2 aromatic heterocycles. The molecule has 0 radical (unpaired) electrons. The molecular weight excluding hydrogens is 284 g/mol. The van der Waals surface area contributed by atoms with Gasteiger partial charge < -0.3 is 10.8 Å². The number of nitrogens with two attached hydrogens (primary N) is 1. The van der Waals surface area contributed by atoms with Crippen molar-refractivity contribution in [3.63, 3.8) is 0 Å². The number of nitrogen functional groups attached to an aromatic ring is 1. The molecule has 3 rings (SSSR count). The Morgan fingerprint density at radius 2 is 1.86 bits per heavy atom. The van der Waals surface area contributed by atoms with Crippen LogP contribution in [-0.2, 0) is 4.79 Å². The van der Waals surface area contributed by atoms with Gasteiger partial charge in [-0.3, -0.25) is 14.8 Å². The number of rotatable bonds is 2. The number of hydrogen-bond acceptors (Lipinski definition) is 5. The summed E-state index contributed by atoms with van der Waals surface area (Å²) in [6, 6.07) is 9.73. The number of amidine groups is 1. The largest absolute Gasteiger partial charge is 0.481 e. The van der Waals surface area contributed by atoms with E-state index in [1.807, 2.05) is 34.9 Å². The summed E-state index contributed by atoms with van der Waals surface area (Å²) < 4.78 is 1.84. The van der Waals surface area contributed by atoms with Crippen molar-refractivity contribution in [2.75, 3.05) is 0 Å². The highest BCUT2D eigenvalue weighted by atomic mass is 16.4. The fourth-order valence-electron chi connectivity index (χ4n) is 1.81. The third-order valence-corrected chi connectivity index (χ3v) is 2.62. The van der Waals surface area contributed by atoms with Crippen molar-refractivity contribution in [2.24, 2.45) is 5.73 Å². The summed E-state index contributed by atoms with van der Waals surface area (Å²) in [6.07, 6.45) is 3.04. The van der Waals surface area contributed by atoms with Gasteiger partial charge in [0.25, 0.3) is 5.97 Å². The Bertz CT molecular complexity index is 809. The van der Waals surface area contributed by atoms with Crippen molar-refractivity contribution in [1.82, 2.24) is 19.5 Å². The summed E-state index contributed by atoms with van der Waals surface area (Å²) in [6.45, 7) is 1.08. The number of fused-ring (bicyclic) bond motifs is 1. The van der Waals surface area contributed by atoms with Crippen LogP contribution in [0.15, 0.2) is 43.0 Å². The first kappa shape index (κ1) is 15.1. The Balaban J connectivity index is 0.000000396. The molecule has 0 aliphatic rings. The second-order valence-corrected chi connectivity index (χ2v) is 4.28. The van der Waals surface area contributed by atoms with Crippen molar-refractivity contribution < 1.29 is 9.90 Å². The van der Waals surface area contributed by atoms with E-state index in [9.17, 15) is 0 Å². The summed E-state index contributed by atoms with van der Waals surface area (Å²) in [7, 11) is 0. The van der Waals surface area contributed by atoms with Gasteiger partial charge >= 0.3 is 0 Å². The van der Waals surface area contributed by atoms with Crippen LogP contribution in [0.5, 0.6) is 0 Å². The van der Waals surface area contributed by atoms with Crippen molar-refractivity contribution in [3.05, 3.63) is 48.7 Å². The highest BCUT2D eigenvalue weighted by Gasteiger charge is 2.12. The number of carboxylic acid groups (broad SMARTS) is 1. The molecule has 0 spiro atoms. The van der Waals surface area contributed by atoms with Crippen molar-refractivity contribution in [3.8, 4) is 5.69 Å². The number of para-hydroxylation sites is 1. The highest BCUT2D eigenvalue weighted by molar-refractivity contribution is 6.02. The Labute approximate surface area is 125 Å². The number of carboxylic acids is 1. The van der Waals surface area contributed by atoms with E-state index in [0.717, 1.165) is 12.6 Å². The SMILES string of the molecule is CC(=O)O.N=C(N)c1ncnc2c1ncn2-c1ccccc1. The second-order valence-electron chi connectivity index (χ2n) is 4.28. The second kappa shape index (κ2) is 6.44. The maximum atomic E-state index is 9.00. The number of nitrogens with zero attached hydrogens (tertiary/aromatic N) is 4. The van der Waals surface area contributed by atoms with Gasteiger partial charge in [-0.25, -0.2) is 15.0 Å². The predicted molar refractivity (Wildman–Crippen MR) is 81.0 cm³/mol. The Hall–Kier alpha value is -3.29. The average Bonchev–Trinajstić information content (AvgIpc) is 2.91. The zero-order valence-corrected chi connectivity index (χ0v) is 11.8. The molecule has 1 aromatic carbocycles. The van der Waals surface area contributed by atoms with Crippen LogP contribution in [0.25, 0.3) is 16.9 Å². The molecule has 0 saturated carbocycles. The molecule has 0 atom stereocenters. The van der Waals surface area contributed by atoms with Gasteiger partial charge in [0.1, 0.15) is 29.7 Å². The summed E-state index contributed by atoms with van der Waals surface area (Å²) in [5.74, 6) is -0.944. The van der Waals surface area contributed by atoms with Gasteiger partial charge in [-0.1, -0.05) is 18.2 Å². The minimum absolute atomic E-state index is 0.110. The van der Waals surface area contributed by atoms with E-state index in [2.05, 4.69) is 15.0 Å². The maximum absolute atomic E-state index is 9.00. The molecule has 0 aliphatic carbocycles. The molecule has 3 aromatic rings. The van der Waals surface area contributed by atoms with Crippen LogP contribution < -0.4 is 5.73 Å². The van der Waals surface area contributed by atoms with Crippen LogP contribution in [0.2, 0.25) is 0 Å². The third kappa shape index (κ3) is 3.23. The number of imidazole rings is 1. The van der Waals surface area contributed by atoms with E-state index < -0.39 is 5.97 Å². The van der Waals surface area contributed by atoms with Gasteiger partial charge in [0.15, 0.2) is 5.65 Å². The van der Waals surface area contributed by atoms with Gasteiger partial charge in [0.2, 0.25) is 0 Å². The van der Waals surface area contributed by atoms with Gasteiger partial charge in [0.05, 0.1) is 0 Å². The van der Waals surface area contributed by atoms with E-state index in [1.54, 1.807) is 6.33 Å². The van der Waals surface area contributed by atoms with Gasteiger partial charge in [0, 0.05) is 12.6 Å². The normalized spacial score (nSPS) is 9.86. The zero-order chi connectivity index (χ0) is 16.1. The third-order valence-electron chi connectivity index (χ3n) is 2.62. The number of nitrogens with one attached hydrogen (secondary N) is 1. The average molecular weight is 298 g/mol. The summed E-state index contributed by atoms with van der Waals surface area (Å²) >= 11 is 0. The number of hydrogen-bond donors (Lipinski definition) is 3. The standard InChI is InChI=1S/C12H10N6.C2H4O2/c13-11(14)9-10-12(16-6-15-9)18(7-17-10)8-4-2-1-3-5-8;1-2(3)4/h1-7H,(H3,13,14);1H3,(H,3,4). The number of benzene rings is 1. The molecule has 0 bridgehead atoms. The Morgan fingerprint density at radius 3 is 2.45 bits per heavy atom. The lowest BCUT2D eigenvalue weighted by Crippen LogP contribution is -2.14. The van der Waals surface area contributed by atoms with Crippen LogP contribution in [0, 0.1) is 5.41 Å². The van der Waals surface area contributed by atoms with Crippen LogP contribution in [0.4, 0.5) is 0 Å². The smallest absolute Gasteiger partial charge is 0.300 e. The molecule has 112 valence electrons. The molecule has 0 saturated heterocycles. The summed E-state index contributed by atoms with van der Waals surface area (Å²) in [5.41, 5.74) is 7.96. The predicted octanol–water partition coefficient (Wildman–Crippen LogP) is 1.19. The molecular formula is C14H14N6O2. The number of carbonyl (C=O) groups is 1. The molecule has 8 heteroatoms. The van der Waals surface area contributed by atoms with Crippen LogP contribution >= 0.6 is 0 Å².